The third-order valence-electron chi connectivity index (χ3n) is 7.16. The highest BCUT2D eigenvalue weighted by Crippen LogP contribution is 2.39. The number of alkyl halides is 3. The average Bonchev–Trinajstić information content (AvgIpc) is 2.96. The summed E-state index contributed by atoms with van der Waals surface area (Å²) in [5, 5.41) is 9.05. The number of benzene rings is 2. The minimum atomic E-state index is -4.73. The number of allylic oxidation sites excluding steroid dienone is 2. The Kier molecular flexibility index (Phi) is 10.1. The standard InChI is InChI=1S/C31H35F3N4O4/c1-2-3-15-41-24-6-4-5-23(17-24)20-11-13-22(14-12-20)28(31(32,33)34)42-27-18-26(37-30(36)38-27)21-9-7-19(8-10-21)16-25(35)29(39)40/h4-6,9,11-14,17-19,25,28H,2-3,7-8,10,15-16,35H2,1H3,(H,39,40)(H2,36,37,38)/t19?,25-,28+/m0/s1. The van der Waals surface area contributed by atoms with Crippen LogP contribution in [0.15, 0.2) is 60.7 Å². The third kappa shape index (κ3) is 8.22. The number of carbonyl (C=O) groups is 1. The number of aliphatic carboxylic acids is 1. The fraction of sp³-hybridized carbons (Fsp3) is 0.387. The van der Waals surface area contributed by atoms with Gasteiger partial charge in [-0.2, -0.15) is 18.2 Å². The van der Waals surface area contributed by atoms with Crippen molar-refractivity contribution in [3.8, 4) is 22.8 Å². The van der Waals surface area contributed by atoms with Crippen LogP contribution in [-0.4, -0.2) is 39.9 Å². The van der Waals surface area contributed by atoms with Crippen molar-refractivity contribution in [3.05, 3.63) is 71.9 Å². The van der Waals surface area contributed by atoms with Gasteiger partial charge in [-0.05, 0) is 66.9 Å². The molecule has 224 valence electrons. The SMILES string of the molecule is CCCCOc1cccc(-c2ccc([C@@H](Oc3cc(C4=CCC(C[C@H](N)C(=O)O)CC4)nc(N)n3)C(F)(F)F)cc2)c1. The first-order valence-electron chi connectivity index (χ1n) is 13.9. The summed E-state index contributed by atoms with van der Waals surface area (Å²) in [5.74, 6) is -0.771. The van der Waals surface area contributed by atoms with Crippen LogP contribution in [-0.2, 0) is 4.79 Å². The van der Waals surface area contributed by atoms with E-state index in [0.717, 1.165) is 29.5 Å². The van der Waals surface area contributed by atoms with Crippen LogP contribution in [0.5, 0.6) is 11.6 Å². The normalized spacial score (nSPS) is 16.8. The molecular weight excluding hydrogens is 549 g/mol. The Morgan fingerprint density at radius 2 is 1.88 bits per heavy atom. The van der Waals surface area contributed by atoms with Crippen molar-refractivity contribution in [1.29, 1.82) is 0 Å². The monoisotopic (exact) mass is 584 g/mol. The second kappa shape index (κ2) is 13.7. The number of carboxylic acid groups (broad SMARTS) is 1. The number of unbranched alkanes of at least 4 members (excludes halogenated alkanes) is 1. The van der Waals surface area contributed by atoms with E-state index in [1.165, 1.54) is 18.2 Å². The number of nitrogen functional groups attached to an aromatic ring is 1. The Balaban J connectivity index is 1.51. The van der Waals surface area contributed by atoms with Crippen LogP contribution < -0.4 is 20.9 Å². The number of hydrogen-bond acceptors (Lipinski definition) is 7. The molecule has 3 aromatic rings. The Morgan fingerprint density at radius 3 is 2.52 bits per heavy atom. The van der Waals surface area contributed by atoms with Gasteiger partial charge < -0.3 is 26.0 Å². The fourth-order valence-corrected chi connectivity index (χ4v) is 4.86. The number of rotatable bonds is 12. The molecule has 0 amide bonds. The van der Waals surface area contributed by atoms with Crippen molar-refractivity contribution < 1.29 is 32.5 Å². The molecule has 0 saturated heterocycles. The highest BCUT2D eigenvalue weighted by molar-refractivity contribution is 5.73. The molecule has 1 aliphatic rings. The molecule has 3 atom stereocenters. The molecule has 1 unspecified atom stereocenters. The first-order chi connectivity index (χ1) is 20.0. The van der Waals surface area contributed by atoms with Gasteiger partial charge in [0.1, 0.15) is 11.8 Å². The highest BCUT2D eigenvalue weighted by Gasteiger charge is 2.43. The zero-order valence-corrected chi connectivity index (χ0v) is 23.3. The molecule has 4 rings (SSSR count). The fourth-order valence-electron chi connectivity index (χ4n) is 4.86. The summed E-state index contributed by atoms with van der Waals surface area (Å²) in [7, 11) is 0. The lowest BCUT2D eigenvalue weighted by Crippen LogP contribution is -2.32. The number of carboxylic acids is 1. The summed E-state index contributed by atoms with van der Waals surface area (Å²) in [4.78, 5) is 19.2. The van der Waals surface area contributed by atoms with Crippen molar-refractivity contribution in [3.63, 3.8) is 0 Å². The van der Waals surface area contributed by atoms with Crippen LogP contribution in [0.25, 0.3) is 16.7 Å². The van der Waals surface area contributed by atoms with Crippen molar-refractivity contribution in [1.82, 2.24) is 9.97 Å². The minimum absolute atomic E-state index is 0.0865. The summed E-state index contributed by atoms with van der Waals surface area (Å²) >= 11 is 0. The first kappa shape index (κ1) is 30.8. The Hall–Kier alpha value is -4.12. The maximum absolute atomic E-state index is 14.2. The van der Waals surface area contributed by atoms with Crippen LogP contribution in [0.3, 0.4) is 0 Å². The van der Waals surface area contributed by atoms with Crippen molar-refractivity contribution in [2.75, 3.05) is 12.3 Å². The molecule has 0 aliphatic heterocycles. The van der Waals surface area contributed by atoms with Gasteiger partial charge >= 0.3 is 12.1 Å². The number of halogens is 3. The maximum Gasteiger partial charge on any atom is 0.429 e. The van der Waals surface area contributed by atoms with Crippen molar-refractivity contribution >= 4 is 17.5 Å². The van der Waals surface area contributed by atoms with Gasteiger partial charge in [-0.1, -0.05) is 55.8 Å². The van der Waals surface area contributed by atoms with Gasteiger partial charge in [0.05, 0.1) is 12.3 Å². The predicted octanol–water partition coefficient (Wildman–Crippen LogP) is 6.57. The van der Waals surface area contributed by atoms with Crippen LogP contribution in [0.2, 0.25) is 0 Å². The molecular formula is C31H35F3N4O4. The highest BCUT2D eigenvalue weighted by atomic mass is 19.4. The molecule has 0 radical (unpaired) electrons. The van der Waals surface area contributed by atoms with Crippen LogP contribution in [0.1, 0.15) is 62.8 Å². The lowest BCUT2D eigenvalue weighted by atomic mass is 9.84. The maximum atomic E-state index is 14.2. The summed E-state index contributed by atoms with van der Waals surface area (Å²) in [6, 6.07) is 13.8. The van der Waals surface area contributed by atoms with Crippen LogP contribution in [0.4, 0.5) is 19.1 Å². The lowest BCUT2D eigenvalue weighted by Gasteiger charge is -2.24. The van der Waals surface area contributed by atoms with E-state index in [4.69, 9.17) is 26.0 Å². The van der Waals surface area contributed by atoms with E-state index in [1.54, 1.807) is 12.1 Å². The van der Waals surface area contributed by atoms with Gasteiger partial charge in [-0.15, -0.1) is 0 Å². The molecule has 42 heavy (non-hydrogen) atoms. The van der Waals surface area contributed by atoms with Gasteiger partial charge in [-0.25, -0.2) is 4.98 Å². The number of anilines is 1. The van der Waals surface area contributed by atoms with Crippen LogP contribution in [0, 0.1) is 5.92 Å². The summed E-state index contributed by atoms with van der Waals surface area (Å²) < 4.78 is 53.8. The van der Waals surface area contributed by atoms with Crippen molar-refractivity contribution in [2.45, 2.75) is 63.8 Å². The van der Waals surface area contributed by atoms with E-state index in [1.807, 2.05) is 30.3 Å². The summed E-state index contributed by atoms with van der Waals surface area (Å²) in [6.07, 6.45) is -1.06. The number of hydrogen-bond donors (Lipinski definition) is 3. The molecule has 2 aromatic carbocycles. The molecule has 8 nitrogen and oxygen atoms in total. The minimum Gasteiger partial charge on any atom is -0.494 e. The molecule has 0 fully saturated rings. The molecule has 0 saturated carbocycles. The summed E-state index contributed by atoms with van der Waals surface area (Å²) in [5.41, 5.74) is 14.1. The quantitative estimate of drug-likeness (QED) is 0.204. The molecule has 1 aromatic heterocycles. The second-order valence-corrected chi connectivity index (χ2v) is 10.4. The average molecular weight is 585 g/mol. The zero-order valence-electron chi connectivity index (χ0n) is 23.3. The van der Waals surface area contributed by atoms with E-state index in [0.29, 0.717) is 43.7 Å². The Bertz CT molecular complexity index is 1400. The summed E-state index contributed by atoms with van der Waals surface area (Å²) in [6.45, 7) is 2.67. The molecule has 11 heteroatoms. The zero-order chi connectivity index (χ0) is 30.3. The second-order valence-electron chi connectivity index (χ2n) is 10.4. The predicted molar refractivity (Wildman–Crippen MR) is 154 cm³/mol. The largest absolute Gasteiger partial charge is 0.494 e. The van der Waals surface area contributed by atoms with E-state index in [9.17, 15) is 18.0 Å². The number of ether oxygens (including phenoxy) is 2. The lowest BCUT2D eigenvalue weighted by molar-refractivity contribution is -0.198. The van der Waals surface area contributed by atoms with Gasteiger partial charge in [0.15, 0.2) is 0 Å². The molecule has 1 aliphatic carbocycles. The molecule has 5 N–H and O–H groups in total. The van der Waals surface area contributed by atoms with Gasteiger partial charge in [0, 0.05) is 11.6 Å². The van der Waals surface area contributed by atoms with E-state index < -0.39 is 24.3 Å². The number of nitrogens with two attached hydrogens (primary N) is 2. The molecule has 1 heterocycles. The van der Waals surface area contributed by atoms with Gasteiger partial charge in [0.25, 0.3) is 0 Å². The number of nitrogens with zero attached hydrogens (tertiary/aromatic N) is 2. The topological polar surface area (TPSA) is 134 Å². The van der Waals surface area contributed by atoms with Crippen molar-refractivity contribution in [2.24, 2.45) is 11.7 Å². The van der Waals surface area contributed by atoms with E-state index >= 15 is 0 Å². The molecule has 0 spiro atoms. The van der Waals surface area contributed by atoms with E-state index in [-0.39, 0.29) is 23.3 Å². The van der Waals surface area contributed by atoms with Gasteiger partial charge in [0.2, 0.25) is 17.9 Å². The number of aromatic nitrogens is 2. The van der Waals surface area contributed by atoms with E-state index in [2.05, 4.69) is 16.9 Å². The molecule has 0 bridgehead atoms. The first-order valence-corrected chi connectivity index (χ1v) is 13.9. The third-order valence-corrected chi connectivity index (χ3v) is 7.16. The van der Waals surface area contributed by atoms with Gasteiger partial charge in [-0.3, -0.25) is 4.79 Å². The van der Waals surface area contributed by atoms with Crippen LogP contribution >= 0.6 is 0 Å². The smallest absolute Gasteiger partial charge is 0.429 e. The Morgan fingerprint density at radius 1 is 1.12 bits per heavy atom. The Labute approximate surface area is 242 Å².